The first-order chi connectivity index (χ1) is 17.9. The van der Waals surface area contributed by atoms with Crippen LogP contribution in [-0.2, 0) is 10.2 Å². The van der Waals surface area contributed by atoms with E-state index in [0.717, 1.165) is 43.6 Å². The first kappa shape index (κ1) is 27.1. The zero-order valence-corrected chi connectivity index (χ0v) is 21.6. The van der Waals surface area contributed by atoms with Gasteiger partial charge in [-0.25, -0.2) is 4.39 Å². The topological polar surface area (TPSA) is 80.6 Å². The molecule has 1 fully saturated rings. The van der Waals surface area contributed by atoms with E-state index in [-0.39, 0.29) is 10.4 Å². The molecule has 0 radical (unpaired) electrons. The summed E-state index contributed by atoms with van der Waals surface area (Å²) in [7, 11) is 1.72. The lowest BCUT2D eigenvalue weighted by atomic mass is 9.72. The number of nitriles is 1. The fraction of sp³-hybridized carbons (Fsp3) is 0.345. The molecule has 1 heterocycles. The maximum Gasteiger partial charge on any atom is 0.181 e. The molecule has 0 aliphatic carbocycles. The van der Waals surface area contributed by atoms with E-state index >= 15 is 0 Å². The smallest absolute Gasteiger partial charge is 0.181 e. The highest BCUT2D eigenvalue weighted by Crippen LogP contribution is 2.36. The van der Waals surface area contributed by atoms with Gasteiger partial charge in [0.25, 0.3) is 0 Å². The largest absolute Gasteiger partial charge is 0.383 e. The monoisotopic (exact) mass is 522 g/mol. The van der Waals surface area contributed by atoms with E-state index in [1.807, 2.05) is 18.2 Å². The van der Waals surface area contributed by atoms with Crippen LogP contribution in [0.4, 0.5) is 10.1 Å². The van der Waals surface area contributed by atoms with Crippen molar-refractivity contribution in [1.82, 2.24) is 10.2 Å². The van der Waals surface area contributed by atoms with Crippen LogP contribution < -0.4 is 10.6 Å². The number of nitrogens with one attached hydrogen (secondary N) is 2. The van der Waals surface area contributed by atoms with Crippen molar-refractivity contribution in [2.75, 3.05) is 45.2 Å². The van der Waals surface area contributed by atoms with Gasteiger partial charge in [-0.2, -0.15) is 5.26 Å². The summed E-state index contributed by atoms with van der Waals surface area (Å²) in [6.45, 7) is 3.99. The maximum absolute atomic E-state index is 13.5. The normalized spacial score (nSPS) is 16.2. The summed E-state index contributed by atoms with van der Waals surface area (Å²) < 4.78 is 18.7. The van der Waals surface area contributed by atoms with Crippen LogP contribution in [0.25, 0.3) is 11.1 Å². The quantitative estimate of drug-likeness (QED) is 0.326. The minimum absolute atomic E-state index is 0.00232. The fourth-order valence-electron chi connectivity index (χ4n) is 4.86. The second kappa shape index (κ2) is 12.5. The summed E-state index contributed by atoms with van der Waals surface area (Å²) in [4.78, 5) is 2.40. The van der Waals surface area contributed by atoms with Crippen molar-refractivity contribution in [1.29, 1.82) is 5.26 Å². The van der Waals surface area contributed by atoms with Crippen molar-refractivity contribution in [3.05, 3.63) is 88.7 Å². The summed E-state index contributed by atoms with van der Waals surface area (Å²) in [5, 5.41) is 26.0. The lowest BCUT2D eigenvalue weighted by Crippen LogP contribution is -2.51. The van der Waals surface area contributed by atoms with Crippen LogP contribution >= 0.6 is 11.6 Å². The van der Waals surface area contributed by atoms with Crippen LogP contribution in [0, 0.1) is 17.1 Å². The summed E-state index contributed by atoms with van der Waals surface area (Å²) in [5.41, 5.74) is 4.23. The van der Waals surface area contributed by atoms with Crippen LogP contribution in [0.3, 0.4) is 0 Å². The van der Waals surface area contributed by atoms with E-state index in [2.05, 4.69) is 45.9 Å². The molecule has 1 aliphatic rings. The van der Waals surface area contributed by atoms with E-state index < -0.39 is 12.2 Å². The van der Waals surface area contributed by atoms with E-state index in [9.17, 15) is 14.8 Å². The number of nitrogens with zero attached hydrogens (tertiary/aromatic N) is 2. The molecule has 0 bridgehead atoms. The molecular weight excluding hydrogens is 491 g/mol. The summed E-state index contributed by atoms with van der Waals surface area (Å²) in [6.07, 6.45) is 0.808. The molecule has 3 aromatic rings. The Bertz CT molecular complexity index is 1220. The van der Waals surface area contributed by atoms with Gasteiger partial charge in [0.2, 0.25) is 0 Å². The Morgan fingerprint density at radius 1 is 1.11 bits per heavy atom. The van der Waals surface area contributed by atoms with Gasteiger partial charge in [-0.3, -0.25) is 5.32 Å². The highest BCUT2D eigenvalue weighted by Gasteiger charge is 2.36. The van der Waals surface area contributed by atoms with Crippen molar-refractivity contribution in [2.24, 2.45) is 0 Å². The van der Waals surface area contributed by atoms with Crippen LogP contribution in [0.15, 0.2) is 66.7 Å². The summed E-state index contributed by atoms with van der Waals surface area (Å²) >= 11 is 5.88. The number of likely N-dealkylation sites (tertiary alicyclic amines) is 1. The highest BCUT2D eigenvalue weighted by atomic mass is 35.5. The lowest BCUT2D eigenvalue weighted by molar-refractivity contribution is 0.0966. The Kier molecular flexibility index (Phi) is 9.14. The number of benzene rings is 3. The molecular formula is C29H32ClFN4O2. The Labute approximate surface area is 222 Å². The third-order valence-electron chi connectivity index (χ3n) is 7.10. The SMILES string of the molecule is COCCN1CCC(CNC(O)Nc2ccc(F)c(Cl)c2)(c2ccc(-c3cccc(C#N)c3)cc2)CC1. The number of hydrogen-bond acceptors (Lipinski definition) is 6. The van der Waals surface area contributed by atoms with Gasteiger partial charge >= 0.3 is 0 Å². The molecule has 3 aromatic carbocycles. The number of aliphatic hydroxyl groups is 1. The Morgan fingerprint density at radius 2 is 1.86 bits per heavy atom. The molecule has 0 spiro atoms. The third kappa shape index (κ3) is 6.86. The Morgan fingerprint density at radius 3 is 2.54 bits per heavy atom. The van der Waals surface area contributed by atoms with Gasteiger partial charge in [0.05, 0.1) is 23.3 Å². The van der Waals surface area contributed by atoms with Gasteiger partial charge < -0.3 is 20.1 Å². The minimum atomic E-state index is -1.03. The first-order valence-corrected chi connectivity index (χ1v) is 12.8. The number of ether oxygens (including phenoxy) is 1. The van der Waals surface area contributed by atoms with Crippen molar-refractivity contribution in [3.63, 3.8) is 0 Å². The molecule has 194 valence electrons. The zero-order chi connectivity index (χ0) is 26.3. The lowest BCUT2D eigenvalue weighted by Gasteiger charge is -2.43. The van der Waals surface area contributed by atoms with Crippen LogP contribution in [0.1, 0.15) is 24.0 Å². The molecule has 0 aromatic heterocycles. The summed E-state index contributed by atoms with van der Waals surface area (Å²) in [6, 6.07) is 22.5. The maximum atomic E-state index is 13.5. The van der Waals surface area contributed by atoms with Gasteiger partial charge in [0.1, 0.15) is 5.82 Å². The molecule has 0 amide bonds. The van der Waals surface area contributed by atoms with E-state index in [4.69, 9.17) is 16.3 Å². The van der Waals surface area contributed by atoms with Crippen LogP contribution in [0.2, 0.25) is 5.02 Å². The first-order valence-electron chi connectivity index (χ1n) is 12.4. The highest BCUT2D eigenvalue weighted by molar-refractivity contribution is 6.31. The van der Waals surface area contributed by atoms with Gasteiger partial charge in [-0.15, -0.1) is 0 Å². The van der Waals surface area contributed by atoms with Crippen molar-refractivity contribution >= 4 is 17.3 Å². The number of methoxy groups -OCH3 is 1. The molecule has 8 heteroatoms. The fourth-order valence-corrected chi connectivity index (χ4v) is 5.04. The molecule has 1 saturated heterocycles. The minimum Gasteiger partial charge on any atom is -0.383 e. The average molecular weight is 523 g/mol. The standard InChI is InChI=1S/C29H32ClFN4O2/c1-37-16-15-35-13-11-29(12-14-35,20-33-28(36)34-25-9-10-27(31)26(30)18-25)24-7-5-22(6-8-24)23-4-2-3-21(17-23)19-32/h2-10,17-18,28,33-34,36H,11-16,20H2,1H3. The number of halogens is 2. The zero-order valence-electron chi connectivity index (χ0n) is 20.9. The van der Waals surface area contributed by atoms with E-state index in [0.29, 0.717) is 24.4 Å². The van der Waals surface area contributed by atoms with Crippen molar-refractivity contribution < 1.29 is 14.2 Å². The number of hydrogen-bond donors (Lipinski definition) is 3. The number of piperidine rings is 1. The molecule has 37 heavy (non-hydrogen) atoms. The van der Waals surface area contributed by atoms with Gasteiger partial charge in [-0.1, -0.05) is 48.0 Å². The average Bonchev–Trinajstić information content (AvgIpc) is 2.93. The Balaban J connectivity index is 1.50. The number of anilines is 1. The van der Waals surface area contributed by atoms with Crippen LogP contribution in [-0.4, -0.2) is 56.3 Å². The number of aliphatic hydroxyl groups excluding tert-OH is 1. The predicted octanol–water partition coefficient (Wildman–Crippen LogP) is 4.98. The molecule has 1 aliphatic heterocycles. The molecule has 4 rings (SSSR count). The molecule has 6 nitrogen and oxygen atoms in total. The third-order valence-corrected chi connectivity index (χ3v) is 7.39. The second-order valence-corrected chi connectivity index (χ2v) is 9.85. The predicted molar refractivity (Wildman–Crippen MR) is 145 cm³/mol. The number of rotatable bonds is 10. The van der Waals surface area contributed by atoms with Gasteiger partial charge in [0, 0.05) is 31.3 Å². The van der Waals surface area contributed by atoms with Crippen molar-refractivity contribution in [3.8, 4) is 17.2 Å². The Hall–Kier alpha value is -2.99. The molecule has 1 atom stereocenters. The molecule has 1 unspecified atom stereocenters. The molecule has 0 saturated carbocycles. The van der Waals surface area contributed by atoms with Gasteiger partial charge in [0.15, 0.2) is 6.35 Å². The summed E-state index contributed by atoms with van der Waals surface area (Å²) in [5.74, 6) is -0.503. The van der Waals surface area contributed by atoms with Gasteiger partial charge in [-0.05, 0) is 73.0 Å². The van der Waals surface area contributed by atoms with E-state index in [1.54, 1.807) is 13.2 Å². The van der Waals surface area contributed by atoms with Crippen molar-refractivity contribution in [2.45, 2.75) is 24.6 Å². The molecule has 3 N–H and O–H groups in total. The van der Waals surface area contributed by atoms with E-state index in [1.165, 1.54) is 23.8 Å². The second-order valence-electron chi connectivity index (χ2n) is 9.44. The van der Waals surface area contributed by atoms with Crippen LogP contribution in [0.5, 0.6) is 0 Å².